The first-order valence-electron chi connectivity index (χ1n) is 7.77. The Morgan fingerprint density at radius 3 is 2.88 bits per heavy atom. The lowest BCUT2D eigenvalue weighted by molar-refractivity contribution is 0.0750. The number of rotatable bonds is 3. The van der Waals surface area contributed by atoms with Crippen LogP contribution in [0.2, 0.25) is 0 Å². The SMILES string of the molecule is Nc1ncc2c(n1)CN(C(=O)c1cccc(Oc3ccccn3)c1)C2. The van der Waals surface area contributed by atoms with Gasteiger partial charge in [-0.2, -0.15) is 0 Å². The Kier molecular flexibility index (Phi) is 3.74. The van der Waals surface area contributed by atoms with Gasteiger partial charge in [-0.1, -0.05) is 12.1 Å². The van der Waals surface area contributed by atoms with Gasteiger partial charge in [0.2, 0.25) is 11.8 Å². The minimum atomic E-state index is -0.0944. The minimum absolute atomic E-state index is 0.0944. The van der Waals surface area contributed by atoms with Gasteiger partial charge in [-0.05, 0) is 24.3 Å². The van der Waals surface area contributed by atoms with Crippen LogP contribution < -0.4 is 10.5 Å². The third-order valence-electron chi connectivity index (χ3n) is 3.90. The van der Waals surface area contributed by atoms with Crippen LogP contribution in [0, 0.1) is 0 Å². The number of ether oxygens (including phenoxy) is 1. The maximum Gasteiger partial charge on any atom is 0.254 e. The summed E-state index contributed by atoms with van der Waals surface area (Å²) < 4.78 is 5.69. The number of anilines is 1. The molecule has 7 nitrogen and oxygen atoms in total. The smallest absolute Gasteiger partial charge is 0.254 e. The van der Waals surface area contributed by atoms with E-state index in [1.54, 1.807) is 47.6 Å². The molecule has 1 amide bonds. The summed E-state index contributed by atoms with van der Waals surface area (Å²) in [6, 6.07) is 12.5. The van der Waals surface area contributed by atoms with Crippen molar-refractivity contribution in [1.82, 2.24) is 19.9 Å². The molecule has 2 N–H and O–H groups in total. The number of hydrogen-bond donors (Lipinski definition) is 1. The highest BCUT2D eigenvalue weighted by molar-refractivity contribution is 5.94. The Morgan fingerprint density at radius 2 is 2.04 bits per heavy atom. The molecule has 1 aromatic carbocycles. The number of benzene rings is 1. The average Bonchev–Trinajstić information content (AvgIpc) is 3.05. The largest absolute Gasteiger partial charge is 0.439 e. The number of nitrogens with zero attached hydrogens (tertiary/aromatic N) is 4. The van der Waals surface area contributed by atoms with Crippen molar-refractivity contribution in [3.63, 3.8) is 0 Å². The Morgan fingerprint density at radius 1 is 1.12 bits per heavy atom. The highest BCUT2D eigenvalue weighted by Gasteiger charge is 2.26. The predicted octanol–water partition coefficient (Wildman–Crippen LogP) is 2.40. The summed E-state index contributed by atoms with van der Waals surface area (Å²) in [5, 5.41) is 0. The molecule has 0 atom stereocenters. The summed E-state index contributed by atoms with van der Waals surface area (Å²) >= 11 is 0. The van der Waals surface area contributed by atoms with Gasteiger partial charge in [0.1, 0.15) is 5.75 Å². The Bertz CT molecular complexity index is 930. The number of aromatic nitrogens is 3. The van der Waals surface area contributed by atoms with Gasteiger partial charge >= 0.3 is 0 Å². The van der Waals surface area contributed by atoms with E-state index in [0.717, 1.165) is 11.3 Å². The quantitative estimate of drug-likeness (QED) is 0.791. The second-order valence-electron chi connectivity index (χ2n) is 5.66. The molecule has 0 fully saturated rings. The lowest BCUT2D eigenvalue weighted by Crippen LogP contribution is -2.25. The van der Waals surface area contributed by atoms with E-state index in [1.165, 1.54) is 0 Å². The van der Waals surface area contributed by atoms with Gasteiger partial charge in [0.05, 0.1) is 12.2 Å². The fourth-order valence-electron chi connectivity index (χ4n) is 2.72. The number of pyridine rings is 1. The zero-order valence-electron chi connectivity index (χ0n) is 13.3. The van der Waals surface area contributed by atoms with Gasteiger partial charge in [0.25, 0.3) is 5.91 Å². The van der Waals surface area contributed by atoms with Gasteiger partial charge in [-0.3, -0.25) is 4.79 Å². The monoisotopic (exact) mass is 333 g/mol. The molecule has 0 radical (unpaired) electrons. The zero-order chi connectivity index (χ0) is 17.2. The molecule has 0 aliphatic carbocycles. The van der Waals surface area contributed by atoms with E-state index >= 15 is 0 Å². The first-order valence-corrected chi connectivity index (χ1v) is 7.77. The molecular formula is C18H15N5O2. The van der Waals surface area contributed by atoms with Crippen molar-refractivity contribution in [3.8, 4) is 11.6 Å². The standard InChI is InChI=1S/C18H15N5O2/c19-18-21-9-13-10-23(11-15(13)22-18)17(24)12-4-3-5-14(8-12)25-16-6-1-2-7-20-16/h1-9H,10-11H2,(H2,19,21,22). The average molecular weight is 333 g/mol. The van der Waals surface area contributed by atoms with Crippen molar-refractivity contribution >= 4 is 11.9 Å². The number of fused-ring (bicyclic) bond motifs is 1. The van der Waals surface area contributed by atoms with Gasteiger partial charge in [0, 0.05) is 36.1 Å². The molecule has 0 spiro atoms. The molecule has 124 valence electrons. The van der Waals surface area contributed by atoms with E-state index in [9.17, 15) is 4.79 Å². The second-order valence-corrected chi connectivity index (χ2v) is 5.66. The highest BCUT2D eigenvalue weighted by Crippen LogP contribution is 2.25. The van der Waals surface area contributed by atoms with Gasteiger partial charge in [0.15, 0.2) is 0 Å². The van der Waals surface area contributed by atoms with E-state index in [4.69, 9.17) is 10.5 Å². The molecule has 4 rings (SSSR count). The lowest BCUT2D eigenvalue weighted by Gasteiger charge is -2.15. The van der Waals surface area contributed by atoms with E-state index in [1.807, 2.05) is 12.1 Å². The van der Waals surface area contributed by atoms with Crippen molar-refractivity contribution in [2.24, 2.45) is 0 Å². The summed E-state index contributed by atoms with van der Waals surface area (Å²) in [5.41, 5.74) is 7.87. The van der Waals surface area contributed by atoms with Crippen molar-refractivity contribution in [2.75, 3.05) is 5.73 Å². The molecule has 7 heteroatoms. The van der Waals surface area contributed by atoms with E-state index in [2.05, 4.69) is 15.0 Å². The normalized spacial score (nSPS) is 12.7. The van der Waals surface area contributed by atoms with Crippen LogP contribution in [0.5, 0.6) is 11.6 Å². The van der Waals surface area contributed by atoms with Gasteiger partial charge in [-0.15, -0.1) is 0 Å². The van der Waals surface area contributed by atoms with Crippen LogP contribution in [0.3, 0.4) is 0 Å². The first-order chi connectivity index (χ1) is 12.2. The van der Waals surface area contributed by atoms with Gasteiger partial charge < -0.3 is 15.4 Å². The maximum atomic E-state index is 12.8. The number of carbonyl (C=O) groups excluding carboxylic acids is 1. The molecule has 0 saturated heterocycles. The summed E-state index contributed by atoms with van der Waals surface area (Å²) in [4.78, 5) is 26.8. The van der Waals surface area contributed by atoms with Crippen LogP contribution in [0.1, 0.15) is 21.6 Å². The number of carbonyl (C=O) groups is 1. The summed E-state index contributed by atoms with van der Waals surface area (Å²) in [6.45, 7) is 0.895. The number of hydrogen-bond acceptors (Lipinski definition) is 6. The molecule has 0 bridgehead atoms. The van der Waals surface area contributed by atoms with Crippen LogP contribution in [0.15, 0.2) is 54.9 Å². The predicted molar refractivity (Wildman–Crippen MR) is 90.8 cm³/mol. The Balaban J connectivity index is 1.52. The van der Waals surface area contributed by atoms with Crippen LogP contribution in [0.4, 0.5) is 5.95 Å². The van der Waals surface area contributed by atoms with Crippen molar-refractivity contribution in [3.05, 3.63) is 71.7 Å². The molecule has 1 aliphatic heterocycles. The van der Waals surface area contributed by atoms with Crippen molar-refractivity contribution in [1.29, 1.82) is 0 Å². The van der Waals surface area contributed by atoms with E-state index in [-0.39, 0.29) is 11.9 Å². The molecule has 2 aromatic heterocycles. The third-order valence-corrected chi connectivity index (χ3v) is 3.90. The van der Waals surface area contributed by atoms with Crippen LogP contribution in [-0.4, -0.2) is 25.8 Å². The van der Waals surface area contributed by atoms with Crippen molar-refractivity contribution in [2.45, 2.75) is 13.1 Å². The molecule has 3 aromatic rings. The Hall–Kier alpha value is -3.48. The molecular weight excluding hydrogens is 318 g/mol. The van der Waals surface area contributed by atoms with Crippen LogP contribution in [-0.2, 0) is 13.1 Å². The number of amides is 1. The van der Waals surface area contributed by atoms with E-state index in [0.29, 0.717) is 30.3 Å². The topological polar surface area (TPSA) is 94.2 Å². The van der Waals surface area contributed by atoms with E-state index < -0.39 is 0 Å². The number of nitrogens with two attached hydrogens (primary N) is 1. The van der Waals surface area contributed by atoms with Gasteiger partial charge in [-0.25, -0.2) is 15.0 Å². The first kappa shape index (κ1) is 15.1. The van der Waals surface area contributed by atoms with Crippen LogP contribution >= 0.6 is 0 Å². The fraction of sp³-hybridized carbons (Fsp3) is 0.111. The lowest BCUT2D eigenvalue weighted by atomic mass is 10.2. The minimum Gasteiger partial charge on any atom is -0.439 e. The zero-order valence-corrected chi connectivity index (χ0v) is 13.3. The molecule has 25 heavy (non-hydrogen) atoms. The maximum absolute atomic E-state index is 12.8. The Labute approximate surface area is 144 Å². The summed E-state index contributed by atoms with van der Waals surface area (Å²) in [7, 11) is 0. The number of nitrogen functional groups attached to an aromatic ring is 1. The molecule has 3 heterocycles. The highest BCUT2D eigenvalue weighted by atomic mass is 16.5. The second kappa shape index (κ2) is 6.20. The molecule has 1 aliphatic rings. The molecule has 0 saturated carbocycles. The van der Waals surface area contributed by atoms with Crippen LogP contribution in [0.25, 0.3) is 0 Å². The molecule has 0 unspecified atom stereocenters. The third kappa shape index (κ3) is 3.12. The fourth-order valence-corrected chi connectivity index (χ4v) is 2.72. The summed E-state index contributed by atoms with van der Waals surface area (Å²) in [5.74, 6) is 1.17. The summed E-state index contributed by atoms with van der Waals surface area (Å²) in [6.07, 6.45) is 3.32. The van der Waals surface area contributed by atoms with Crippen molar-refractivity contribution < 1.29 is 9.53 Å².